The highest BCUT2D eigenvalue weighted by Gasteiger charge is 2.62. The van der Waals surface area contributed by atoms with Crippen molar-refractivity contribution in [1.29, 1.82) is 0 Å². The molecule has 0 aliphatic heterocycles. The molecule has 0 amide bonds. The quantitative estimate of drug-likeness (QED) is 0.275. The molecule has 0 radical (unpaired) electrons. The fraction of sp³-hybridized carbons (Fsp3) is 0.304. The summed E-state index contributed by atoms with van der Waals surface area (Å²) in [4.78, 5) is 8.74. The van der Waals surface area contributed by atoms with Gasteiger partial charge in [-0.15, -0.1) is 10.2 Å². The van der Waals surface area contributed by atoms with E-state index in [2.05, 4.69) is 26.1 Å². The molecule has 1 saturated carbocycles. The fourth-order valence-electron chi connectivity index (χ4n) is 3.90. The average Bonchev–Trinajstić information content (AvgIpc) is 3.53. The van der Waals surface area contributed by atoms with Gasteiger partial charge in [0, 0.05) is 11.6 Å². The van der Waals surface area contributed by atoms with Gasteiger partial charge in [-0.1, -0.05) is 5.92 Å². The molecule has 3 heterocycles. The van der Waals surface area contributed by atoms with Gasteiger partial charge < -0.3 is 4.90 Å². The Kier molecular flexibility index (Phi) is 5.50. The van der Waals surface area contributed by atoms with Gasteiger partial charge in [0.15, 0.2) is 11.5 Å². The Bertz CT molecular complexity index is 1550. The van der Waals surface area contributed by atoms with Crippen molar-refractivity contribution in [3.63, 3.8) is 0 Å². The first-order chi connectivity index (χ1) is 17.0. The highest BCUT2D eigenvalue weighted by atomic mass is 19.4. The van der Waals surface area contributed by atoms with Crippen LogP contribution in [-0.4, -0.2) is 43.7 Å². The lowest BCUT2D eigenvalue weighted by molar-refractivity contribution is -0.168. The lowest BCUT2D eigenvalue weighted by Crippen LogP contribution is -2.27. The summed E-state index contributed by atoms with van der Waals surface area (Å²) in [5, 5.41) is 7.85. The first kappa shape index (κ1) is 23.8. The Labute approximate surface area is 198 Å². The zero-order valence-corrected chi connectivity index (χ0v) is 18.4. The van der Waals surface area contributed by atoms with Crippen LogP contribution in [0.5, 0.6) is 0 Å². The minimum absolute atomic E-state index is 0.00351. The Morgan fingerprint density at radius 3 is 2.56 bits per heavy atom. The van der Waals surface area contributed by atoms with Crippen LogP contribution < -0.4 is 4.90 Å². The van der Waals surface area contributed by atoms with Gasteiger partial charge in [-0.3, -0.25) is 4.40 Å². The van der Waals surface area contributed by atoms with Crippen molar-refractivity contribution in [2.45, 2.75) is 32.4 Å². The predicted octanol–water partition coefficient (Wildman–Crippen LogP) is 5.36. The van der Waals surface area contributed by atoms with Crippen molar-refractivity contribution in [3.8, 4) is 11.8 Å². The lowest BCUT2D eigenvalue weighted by atomic mass is 10.1. The zero-order valence-electron chi connectivity index (χ0n) is 18.4. The van der Waals surface area contributed by atoms with Crippen LogP contribution in [0.3, 0.4) is 0 Å². The monoisotopic (exact) mass is 508 g/mol. The molecule has 4 aromatic rings. The number of rotatable bonds is 4. The summed E-state index contributed by atoms with van der Waals surface area (Å²) in [5.74, 6) is 2.40. The summed E-state index contributed by atoms with van der Waals surface area (Å²) in [5.41, 5.74) is -3.01. The molecule has 1 aromatic carbocycles. The number of aromatic nitrogens is 5. The third kappa shape index (κ3) is 3.96. The molecular weight excluding hydrogens is 493 g/mol. The fourth-order valence-corrected chi connectivity index (χ4v) is 3.90. The topological polar surface area (TPSA) is 59.2 Å². The molecule has 0 spiro atoms. The molecule has 0 N–H and O–H groups in total. The lowest BCUT2D eigenvalue weighted by Gasteiger charge is -2.25. The first-order valence-corrected chi connectivity index (χ1v) is 10.6. The van der Waals surface area contributed by atoms with E-state index < -0.39 is 47.6 Å². The van der Waals surface area contributed by atoms with Gasteiger partial charge in [0.05, 0.1) is 17.7 Å². The number of hydrogen-bond acceptors (Lipinski definition) is 5. The highest BCUT2D eigenvalue weighted by molar-refractivity contribution is 5.93. The van der Waals surface area contributed by atoms with E-state index in [0.717, 1.165) is 29.3 Å². The van der Waals surface area contributed by atoms with Gasteiger partial charge in [0.2, 0.25) is 0 Å². The molecule has 1 aliphatic carbocycles. The minimum atomic E-state index is -4.59. The molecule has 5 rings (SSSR count). The summed E-state index contributed by atoms with van der Waals surface area (Å²) in [6, 6.07) is 4.64. The second kappa shape index (κ2) is 8.32. The summed E-state index contributed by atoms with van der Waals surface area (Å²) >= 11 is 0. The van der Waals surface area contributed by atoms with Gasteiger partial charge in [-0.2, -0.15) is 18.2 Å². The molecule has 1 aliphatic rings. The zero-order chi connectivity index (χ0) is 25.8. The van der Waals surface area contributed by atoms with E-state index in [1.54, 1.807) is 6.92 Å². The molecule has 0 bridgehead atoms. The number of nitrogens with zero attached hydrogens (tertiary/aromatic N) is 6. The van der Waals surface area contributed by atoms with Crippen molar-refractivity contribution in [1.82, 2.24) is 24.6 Å². The maximum atomic E-state index is 15.5. The minimum Gasteiger partial charge on any atom is -0.317 e. The van der Waals surface area contributed by atoms with E-state index in [4.69, 9.17) is 0 Å². The molecule has 0 atom stereocenters. The largest absolute Gasteiger partial charge is 0.405 e. The number of pyridine rings is 1. The summed E-state index contributed by atoms with van der Waals surface area (Å²) < 4.78 is 98.1. The molecular formula is C23H15F7N6. The molecule has 6 nitrogen and oxygen atoms in total. The van der Waals surface area contributed by atoms with E-state index in [0.29, 0.717) is 11.3 Å². The molecule has 0 unspecified atom stereocenters. The second-order valence-electron chi connectivity index (χ2n) is 8.30. The van der Waals surface area contributed by atoms with Crippen LogP contribution in [0.15, 0.2) is 30.5 Å². The maximum Gasteiger partial charge on any atom is 0.405 e. The molecule has 0 saturated heterocycles. The molecule has 186 valence electrons. The number of anilines is 2. The van der Waals surface area contributed by atoms with Crippen LogP contribution in [-0.2, 0) is 0 Å². The Morgan fingerprint density at radius 1 is 1.14 bits per heavy atom. The predicted molar refractivity (Wildman–Crippen MR) is 115 cm³/mol. The van der Waals surface area contributed by atoms with Gasteiger partial charge in [0.1, 0.15) is 22.9 Å². The van der Waals surface area contributed by atoms with Gasteiger partial charge >= 0.3 is 6.18 Å². The van der Waals surface area contributed by atoms with Crippen LogP contribution in [0.2, 0.25) is 0 Å². The van der Waals surface area contributed by atoms with E-state index in [-0.39, 0.29) is 29.8 Å². The number of fused-ring (bicyclic) bond motifs is 3. The van der Waals surface area contributed by atoms with Gasteiger partial charge in [-0.25, -0.2) is 22.5 Å². The smallest absolute Gasteiger partial charge is 0.317 e. The van der Waals surface area contributed by atoms with E-state index in [1.165, 1.54) is 10.5 Å². The number of aryl methyl sites for hydroxylation is 1. The molecule has 13 heteroatoms. The highest BCUT2D eigenvalue weighted by Crippen LogP contribution is 2.57. The van der Waals surface area contributed by atoms with Crippen LogP contribution in [0.4, 0.5) is 42.2 Å². The van der Waals surface area contributed by atoms with E-state index in [1.807, 2.05) is 5.92 Å². The molecule has 36 heavy (non-hydrogen) atoms. The van der Waals surface area contributed by atoms with Gasteiger partial charge in [0.25, 0.3) is 12.2 Å². The third-order valence-electron chi connectivity index (χ3n) is 5.90. The number of benzene rings is 1. The number of alkyl halides is 5. The first-order valence-electron chi connectivity index (χ1n) is 10.6. The molecule has 1 fully saturated rings. The van der Waals surface area contributed by atoms with Gasteiger partial charge in [-0.05, 0) is 50.0 Å². The second-order valence-corrected chi connectivity index (χ2v) is 8.30. The van der Waals surface area contributed by atoms with Crippen molar-refractivity contribution in [3.05, 3.63) is 53.6 Å². The normalized spacial score (nSPS) is 14.8. The summed E-state index contributed by atoms with van der Waals surface area (Å²) in [6.07, 6.45) is -6.98. The van der Waals surface area contributed by atoms with E-state index >= 15 is 4.39 Å². The van der Waals surface area contributed by atoms with Crippen molar-refractivity contribution < 1.29 is 30.7 Å². The van der Waals surface area contributed by atoms with Crippen LogP contribution >= 0.6 is 0 Å². The SMILES string of the molecule is Cc1nnc2nc(N(CC(F)F)c3ccnc(C#CC4(C(F)(F)F)CC4)c3F)c3cc(F)ccc3n12. The Hall–Kier alpha value is -3.95. The van der Waals surface area contributed by atoms with Crippen molar-refractivity contribution in [2.75, 3.05) is 11.4 Å². The Balaban J connectivity index is 1.70. The average molecular weight is 508 g/mol. The van der Waals surface area contributed by atoms with Crippen molar-refractivity contribution in [2.24, 2.45) is 5.41 Å². The maximum absolute atomic E-state index is 15.5. The third-order valence-corrected chi connectivity index (χ3v) is 5.90. The number of hydrogen-bond donors (Lipinski definition) is 0. The Morgan fingerprint density at radius 2 is 1.89 bits per heavy atom. The van der Waals surface area contributed by atoms with Crippen LogP contribution in [0.1, 0.15) is 24.4 Å². The molecule has 3 aromatic heterocycles. The van der Waals surface area contributed by atoms with Crippen LogP contribution in [0, 0.1) is 35.8 Å². The van der Waals surface area contributed by atoms with Crippen molar-refractivity contribution >= 4 is 28.2 Å². The van der Waals surface area contributed by atoms with Crippen LogP contribution in [0.25, 0.3) is 16.7 Å². The standard InChI is InChI=1S/C23H15F7N6/c1-12-33-34-21-32-20(14-10-13(24)2-3-16(14)36(12)21)35(11-18(25)26)17-5-9-31-15(19(17)27)4-6-22(7-8-22)23(28,29)30/h2-3,5,9-10,18H,7-8,11H2,1H3. The number of halogens is 7. The summed E-state index contributed by atoms with van der Waals surface area (Å²) in [6.45, 7) is 0.546. The van der Waals surface area contributed by atoms with E-state index in [9.17, 15) is 26.3 Å². The summed E-state index contributed by atoms with van der Waals surface area (Å²) in [7, 11) is 0.